The number of aromatic carboxylic acids is 1. The molecule has 106 valence electrons. The van der Waals surface area contributed by atoms with Crippen LogP contribution >= 0.6 is 0 Å². The predicted octanol–water partition coefficient (Wildman–Crippen LogP) is 3.45. The second-order valence-corrected chi connectivity index (χ2v) is 4.46. The SMILES string of the molecule is CCN(Cc1cc(C(=O)O)oc1C)c1ccccc1F. The largest absolute Gasteiger partial charge is 0.475 e. The fourth-order valence-electron chi connectivity index (χ4n) is 2.06. The molecule has 0 saturated carbocycles. The highest BCUT2D eigenvalue weighted by Gasteiger charge is 2.16. The normalized spacial score (nSPS) is 10.6. The Kier molecular flexibility index (Phi) is 4.08. The van der Waals surface area contributed by atoms with Gasteiger partial charge in [-0.1, -0.05) is 12.1 Å². The molecule has 5 heteroatoms. The van der Waals surface area contributed by atoms with Crippen molar-refractivity contribution < 1.29 is 18.7 Å². The standard InChI is InChI=1S/C15H16FNO3/c1-3-17(13-7-5-4-6-12(13)16)9-11-8-14(15(18)19)20-10(11)2/h4-8H,3,9H2,1-2H3,(H,18,19). The van der Waals surface area contributed by atoms with E-state index in [1.165, 1.54) is 12.1 Å². The molecule has 1 heterocycles. The van der Waals surface area contributed by atoms with Crippen LogP contribution in [0, 0.1) is 12.7 Å². The van der Waals surface area contributed by atoms with E-state index in [4.69, 9.17) is 9.52 Å². The average molecular weight is 277 g/mol. The maximum absolute atomic E-state index is 13.8. The summed E-state index contributed by atoms with van der Waals surface area (Å²) in [6.07, 6.45) is 0. The van der Waals surface area contributed by atoms with E-state index in [9.17, 15) is 9.18 Å². The minimum atomic E-state index is -1.10. The van der Waals surface area contributed by atoms with Crippen molar-refractivity contribution in [2.24, 2.45) is 0 Å². The van der Waals surface area contributed by atoms with Crippen LogP contribution in [0.4, 0.5) is 10.1 Å². The molecular formula is C15H16FNO3. The Morgan fingerprint density at radius 3 is 2.65 bits per heavy atom. The van der Waals surface area contributed by atoms with Gasteiger partial charge in [0.25, 0.3) is 0 Å². The smallest absolute Gasteiger partial charge is 0.371 e. The van der Waals surface area contributed by atoms with Gasteiger partial charge in [-0.2, -0.15) is 0 Å². The van der Waals surface area contributed by atoms with E-state index < -0.39 is 5.97 Å². The number of para-hydroxylation sites is 1. The van der Waals surface area contributed by atoms with Crippen LogP contribution in [0.2, 0.25) is 0 Å². The first-order chi connectivity index (χ1) is 9.52. The van der Waals surface area contributed by atoms with E-state index in [-0.39, 0.29) is 11.6 Å². The van der Waals surface area contributed by atoms with Crippen LogP contribution in [0.3, 0.4) is 0 Å². The fourth-order valence-corrected chi connectivity index (χ4v) is 2.06. The zero-order valence-corrected chi connectivity index (χ0v) is 11.4. The van der Waals surface area contributed by atoms with Crippen LogP contribution in [0.25, 0.3) is 0 Å². The van der Waals surface area contributed by atoms with E-state index in [1.54, 1.807) is 25.1 Å². The van der Waals surface area contributed by atoms with Gasteiger partial charge in [0.1, 0.15) is 11.6 Å². The Morgan fingerprint density at radius 1 is 1.40 bits per heavy atom. The van der Waals surface area contributed by atoms with Crippen molar-refractivity contribution >= 4 is 11.7 Å². The van der Waals surface area contributed by atoms with Crippen LogP contribution < -0.4 is 4.90 Å². The molecule has 0 unspecified atom stereocenters. The molecule has 0 spiro atoms. The quantitative estimate of drug-likeness (QED) is 0.909. The zero-order valence-electron chi connectivity index (χ0n) is 11.4. The Labute approximate surface area is 116 Å². The summed E-state index contributed by atoms with van der Waals surface area (Å²) < 4.78 is 19.0. The summed E-state index contributed by atoms with van der Waals surface area (Å²) in [5.41, 5.74) is 1.24. The number of anilines is 1. The van der Waals surface area contributed by atoms with Gasteiger partial charge in [0.05, 0.1) is 5.69 Å². The second-order valence-electron chi connectivity index (χ2n) is 4.46. The van der Waals surface area contributed by atoms with E-state index >= 15 is 0 Å². The van der Waals surface area contributed by atoms with Gasteiger partial charge < -0.3 is 14.4 Å². The van der Waals surface area contributed by atoms with E-state index in [1.807, 2.05) is 11.8 Å². The van der Waals surface area contributed by atoms with Crippen molar-refractivity contribution in [1.29, 1.82) is 0 Å². The Morgan fingerprint density at radius 2 is 2.10 bits per heavy atom. The maximum Gasteiger partial charge on any atom is 0.371 e. The lowest BCUT2D eigenvalue weighted by atomic mass is 10.2. The van der Waals surface area contributed by atoms with Crippen LogP contribution in [-0.4, -0.2) is 17.6 Å². The van der Waals surface area contributed by atoms with Gasteiger partial charge >= 0.3 is 5.97 Å². The van der Waals surface area contributed by atoms with Crippen molar-refractivity contribution in [3.05, 3.63) is 53.2 Å². The predicted molar refractivity (Wildman–Crippen MR) is 73.5 cm³/mol. The van der Waals surface area contributed by atoms with Crippen LogP contribution in [0.15, 0.2) is 34.7 Å². The van der Waals surface area contributed by atoms with Crippen LogP contribution in [0.1, 0.15) is 28.8 Å². The molecule has 1 aromatic carbocycles. The minimum Gasteiger partial charge on any atom is -0.475 e. The summed E-state index contributed by atoms with van der Waals surface area (Å²) >= 11 is 0. The summed E-state index contributed by atoms with van der Waals surface area (Å²) in [6, 6.07) is 8.00. The molecule has 1 aromatic heterocycles. The summed E-state index contributed by atoms with van der Waals surface area (Å²) in [5, 5.41) is 8.91. The zero-order chi connectivity index (χ0) is 14.7. The number of carboxylic acid groups (broad SMARTS) is 1. The number of hydrogen-bond donors (Lipinski definition) is 1. The Balaban J connectivity index is 2.27. The molecule has 0 aliphatic carbocycles. The highest BCUT2D eigenvalue weighted by Crippen LogP contribution is 2.23. The molecule has 2 rings (SSSR count). The van der Waals surface area contributed by atoms with Gasteiger partial charge in [0, 0.05) is 18.7 Å². The lowest BCUT2D eigenvalue weighted by Gasteiger charge is -2.23. The third-order valence-electron chi connectivity index (χ3n) is 3.17. The molecule has 0 atom stereocenters. The van der Waals surface area contributed by atoms with Gasteiger partial charge in [-0.05, 0) is 32.0 Å². The fraction of sp³-hybridized carbons (Fsp3) is 0.267. The topological polar surface area (TPSA) is 53.7 Å². The Hall–Kier alpha value is -2.30. The van der Waals surface area contributed by atoms with E-state index in [2.05, 4.69) is 0 Å². The highest BCUT2D eigenvalue weighted by atomic mass is 19.1. The molecule has 0 bridgehead atoms. The number of hydrogen-bond acceptors (Lipinski definition) is 3. The van der Waals surface area contributed by atoms with Crippen LogP contribution in [0.5, 0.6) is 0 Å². The van der Waals surface area contributed by atoms with Crippen molar-refractivity contribution in [3.63, 3.8) is 0 Å². The highest BCUT2D eigenvalue weighted by molar-refractivity contribution is 5.84. The van der Waals surface area contributed by atoms with Gasteiger partial charge in [0.2, 0.25) is 5.76 Å². The monoisotopic (exact) mass is 277 g/mol. The van der Waals surface area contributed by atoms with Crippen LogP contribution in [-0.2, 0) is 6.54 Å². The lowest BCUT2D eigenvalue weighted by molar-refractivity contribution is 0.0661. The molecule has 0 radical (unpaired) electrons. The van der Waals surface area contributed by atoms with Crippen molar-refractivity contribution in [2.75, 3.05) is 11.4 Å². The Bertz CT molecular complexity index is 621. The summed E-state index contributed by atoms with van der Waals surface area (Å²) in [4.78, 5) is 12.7. The van der Waals surface area contributed by atoms with E-state index in [0.717, 1.165) is 5.56 Å². The molecular weight excluding hydrogens is 261 g/mol. The molecule has 0 aliphatic rings. The molecule has 0 fully saturated rings. The molecule has 2 aromatic rings. The van der Waals surface area contributed by atoms with Gasteiger partial charge in [-0.15, -0.1) is 0 Å². The molecule has 0 aliphatic heterocycles. The van der Waals surface area contributed by atoms with Crippen molar-refractivity contribution in [3.8, 4) is 0 Å². The number of carboxylic acids is 1. The molecule has 0 amide bonds. The number of rotatable bonds is 5. The third-order valence-corrected chi connectivity index (χ3v) is 3.17. The molecule has 20 heavy (non-hydrogen) atoms. The minimum absolute atomic E-state index is 0.0953. The third kappa shape index (κ3) is 2.82. The van der Waals surface area contributed by atoms with Gasteiger partial charge in [-0.25, -0.2) is 9.18 Å². The summed E-state index contributed by atoms with van der Waals surface area (Å²) in [6.45, 7) is 4.63. The average Bonchev–Trinajstić information content (AvgIpc) is 2.78. The number of halogens is 1. The maximum atomic E-state index is 13.8. The second kappa shape index (κ2) is 5.77. The molecule has 1 N–H and O–H groups in total. The van der Waals surface area contributed by atoms with Crippen molar-refractivity contribution in [2.45, 2.75) is 20.4 Å². The number of nitrogens with zero attached hydrogens (tertiary/aromatic N) is 1. The molecule has 0 saturated heterocycles. The van der Waals surface area contributed by atoms with E-state index in [0.29, 0.717) is 24.5 Å². The first kappa shape index (κ1) is 14.1. The number of benzene rings is 1. The summed E-state index contributed by atoms with van der Waals surface area (Å²) in [5.74, 6) is -0.957. The lowest BCUT2D eigenvalue weighted by Crippen LogP contribution is -2.23. The number of furan rings is 1. The summed E-state index contributed by atoms with van der Waals surface area (Å²) in [7, 11) is 0. The number of aryl methyl sites for hydroxylation is 1. The molecule has 4 nitrogen and oxygen atoms in total. The first-order valence-corrected chi connectivity index (χ1v) is 6.35. The first-order valence-electron chi connectivity index (χ1n) is 6.35. The van der Waals surface area contributed by atoms with Gasteiger partial charge in [0.15, 0.2) is 0 Å². The number of carbonyl (C=O) groups is 1. The van der Waals surface area contributed by atoms with Gasteiger partial charge in [-0.3, -0.25) is 0 Å². The van der Waals surface area contributed by atoms with Crippen molar-refractivity contribution in [1.82, 2.24) is 0 Å².